The van der Waals surface area contributed by atoms with Crippen LogP contribution in [0.15, 0.2) is 0 Å². The molecular formula is C19H36N2O. The van der Waals surface area contributed by atoms with Gasteiger partial charge in [-0.3, -0.25) is 4.79 Å². The summed E-state index contributed by atoms with van der Waals surface area (Å²) < 4.78 is 0. The first-order valence-electron chi connectivity index (χ1n) is 9.38. The van der Waals surface area contributed by atoms with Gasteiger partial charge in [0.25, 0.3) is 0 Å². The molecule has 1 N–H and O–H groups in total. The van der Waals surface area contributed by atoms with Gasteiger partial charge in [-0.25, -0.2) is 0 Å². The molecule has 1 saturated heterocycles. The predicted octanol–water partition coefficient (Wildman–Crippen LogP) is 3.69. The highest BCUT2D eigenvalue weighted by Gasteiger charge is 2.34. The third-order valence-electron chi connectivity index (χ3n) is 5.59. The first-order valence-corrected chi connectivity index (χ1v) is 9.38. The van der Waals surface area contributed by atoms with Gasteiger partial charge >= 0.3 is 0 Å². The van der Waals surface area contributed by atoms with Crippen molar-refractivity contribution in [2.45, 2.75) is 66.2 Å². The highest BCUT2D eigenvalue weighted by molar-refractivity contribution is 5.76. The number of piperidine rings is 1. The number of rotatable bonds is 5. The Labute approximate surface area is 137 Å². The molecule has 2 rings (SSSR count). The molecule has 3 heteroatoms. The Morgan fingerprint density at radius 3 is 2.45 bits per heavy atom. The Kier molecular flexibility index (Phi) is 6.31. The average Bonchev–Trinajstić information content (AvgIpc) is 2.43. The molecule has 2 fully saturated rings. The summed E-state index contributed by atoms with van der Waals surface area (Å²) in [6, 6.07) is 0. The molecule has 22 heavy (non-hydrogen) atoms. The molecule has 0 radical (unpaired) electrons. The van der Waals surface area contributed by atoms with E-state index in [-0.39, 0.29) is 0 Å². The summed E-state index contributed by atoms with van der Waals surface area (Å²) in [5.41, 5.74) is 0.418. The summed E-state index contributed by atoms with van der Waals surface area (Å²) in [4.78, 5) is 14.7. The minimum atomic E-state index is 0.414. The summed E-state index contributed by atoms with van der Waals surface area (Å²) in [6.45, 7) is 13.4. The molecule has 128 valence electrons. The fourth-order valence-electron chi connectivity index (χ4n) is 4.81. The maximum absolute atomic E-state index is 12.6. The third-order valence-corrected chi connectivity index (χ3v) is 5.59. The van der Waals surface area contributed by atoms with Crippen molar-refractivity contribution < 1.29 is 4.79 Å². The van der Waals surface area contributed by atoms with Crippen molar-refractivity contribution in [2.75, 3.05) is 26.2 Å². The second-order valence-corrected chi connectivity index (χ2v) is 8.62. The van der Waals surface area contributed by atoms with E-state index in [1.807, 2.05) is 0 Å². The molecule has 0 bridgehead atoms. The van der Waals surface area contributed by atoms with Crippen LogP contribution in [0.5, 0.6) is 0 Å². The van der Waals surface area contributed by atoms with Gasteiger partial charge in [0.2, 0.25) is 5.91 Å². The van der Waals surface area contributed by atoms with E-state index in [9.17, 15) is 4.79 Å². The van der Waals surface area contributed by atoms with Crippen LogP contribution in [0.1, 0.15) is 66.2 Å². The molecule has 1 heterocycles. The molecule has 1 amide bonds. The quantitative estimate of drug-likeness (QED) is 0.840. The Bertz CT molecular complexity index is 358. The number of nitrogens with one attached hydrogen (secondary N) is 1. The molecule has 2 aliphatic rings. The van der Waals surface area contributed by atoms with E-state index in [0.717, 1.165) is 44.4 Å². The zero-order chi connectivity index (χ0) is 16.2. The van der Waals surface area contributed by atoms with Crippen molar-refractivity contribution in [2.24, 2.45) is 23.2 Å². The lowest BCUT2D eigenvalue weighted by Crippen LogP contribution is -2.42. The maximum atomic E-state index is 12.6. The predicted molar refractivity (Wildman–Crippen MR) is 92.8 cm³/mol. The zero-order valence-corrected chi connectivity index (χ0v) is 15.2. The lowest BCUT2D eigenvalue weighted by atomic mass is 9.67. The number of hydrogen-bond acceptors (Lipinski definition) is 2. The molecule has 1 aliphatic carbocycles. The first-order chi connectivity index (χ1) is 10.4. The van der Waals surface area contributed by atoms with Crippen molar-refractivity contribution in [3.63, 3.8) is 0 Å². The van der Waals surface area contributed by atoms with Gasteiger partial charge < -0.3 is 10.2 Å². The molecule has 3 nitrogen and oxygen atoms in total. The van der Waals surface area contributed by atoms with Gasteiger partial charge in [-0.1, -0.05) is 27.7 Å². The monoisotopic (exact) mass is 308 g/mol. The minimum absolute atomic E-state index is 0.414. The van der Waals surface area contributed by atoms with Crippen molar-refractivity contribution >= 4 is 5.91 Å². The Hall–Kier alpha value is -0.570. The zero-order valence-electron chi connectivity index (χ0n) is 15.2. The number of carbonyl (C=O) groups is 1. The lowest BCUT2D eigenvalue weighted by molar-refractivity contribution is -0.134. The fraction of sp³-hybridized carbons (Fsp3) is 0.947. The largest absolute Gasteiger partial charge is 0.343 e. The molecular weight excluding hydrogens is 272 g/mol. The van der Waals surface area contributed by atoms with E-state index < -0.39 is 0 Å². The van der Waals surface area contributed by atoms with Gasteiger partial charge in [0, 0.05) is 19.5 Å². The summed E-state index contributed by atoms with van der Waals surface area (Å²) >= 11 is 0. The van der Waals surface area contributed by atoms with Gasteiger partial charge in [0.15, 0.2) is 0 Å². The number of carbonyl (C=O) groups excluding carboxylic acids is 1. The van der Waals surface area contributed by atoms with Gasteiger partial charge in [-0.05, 0) is 68.4 Å². The Balaban J connectivity index is 1.76. The summed E-state index contributed by atoms with van der Waals surface area (Å²) in [5.74, 6) is 2.55. The maximum Gasteiger partial charge on any atom is 0.222 e. The van der Waals surface area contributed by atoms with E-state index in [0.29, 0.717) is 17.2 Å². The van der Waals surface area contributed by atoms with Gasteiger partial charge in [0.05, 0.1) is 0 Å². The molecule has 0 aromatic rings. The Morgan fingerprint density at radius 1 is 1.18 bits per heavy atom. The SMILES string of the molecule is CCNCC1CCN(C(=O)CC2CC(C)CC(C)(C)C2)CC1. The number of nitrogens with zero attached hydrogens (tertiary/aromatic N) is 1. The normalized spacial score (nSPS) is 29.5. The fourth-order valence-corrected chi connectivity index (χ4v) is 4.81. The second kappa shape index (κ2) is 7.81. The standard InChI is InChI=1S/C19H36N2O/c1-5-20-14-16-6-8-21(9-7-16)18(22)11-17-10-15(2)12-19(3,4)13-17/h15-17,20H,5-14H2,1-4H3. The van der Waals surface area contributed by atoms with E-state index in [1.165, 1.54) is 32.1 Å². The highest BCUT2D eigenvalue weighted by atomic mass is 16.2. The van der Waals surface area contributed by atoms with Crippen LogP contribution in [0.25, 0.3) is 0 Å². The molecule has 0 aromatic carbocycles. The van der Waals surface area contributed by atoms with Crippen LogP contribution in [-0.4, -0.2) is 37.0 Å². The van der Waals surface area contributed by atoms with E-state index in [2.05, 4.69) is 37.9 Å². The van der Waals surface area contributed by atoms with Crippen LogP contribution in [0.2, 0.25) is 0 Å². The third kappa shape index (κ3) is 5.26. The van der Waals surface area contributed by atoms with E-state index in [4.69, 9.17) is 0 Å². The van der Waals surface area contributed by atoms with Crippen LogP contribution >= 0.6 is 0 Å². The second-order valence-electron chi connectivity index (χ2n) is 8.62. The molecule has 1 aliphatic heterocycles. The number of amides is 1. The molecule has 1 saturated carbocycles. The van der Waals surface area contributed by atoms with Gasteiger partial charge in [0.1, 0.15) is 0 Å². The van der Waals surface area contributed by atoms with Crippen molar-refractivity contribution in [1.29, 1.82) is 0 Å². The van der Waals surface area contributed by atoms with Crippen LogP contribution in [0, 0.1) is 23.2 Å². The average molecular weight is 309 g/mol. The molecule has 2 atom stereocenters. The summed E-state index contributed by atoms with van der Waals surface area (Å²) in [6.07, 6.45) is 6.90. The summed E-state index contributed by atoms with van der Waals surface area (Å²) in [7, 11) is 0. The minimum Gasteiger partial charge on any atom is -0.343 e. The van der Waals surface area contributed by atoms with Crippen molar-refractivity contribution in [3.8, 4) is 0 Å². The van der Waals surface area contributed by atoms with Crippen LogP contribution < -0.4 is 5.32 Å². The number of likely N-dealkylation sites (tertiary alicyclic amines) is 1. The molecule has 2 unspecified atom stereocenters. The van der Waals surface area contributed by atoms with Crippen LogP contribution in [-0.2, 0) is 4.79 Å². The number of hydrogen-bond donors (Lipinski definition) is 1. The molecule has 0 aromatic heterocycles. The van der Waals surface area contributed by atoms with Crippen LogP contribution in [0.4, 0.5) is 0 Å². The van der Waals surface area contributed by atoms with Crippen LogP contribution in [0.3, 0.4) is 0 Å². The van der Waals surface area contributed by atoms with Crippen molar-refractivity contribution in [1.82, 2.24) is 10.2 Å². The van der Waals surface area contributed by atoms with Gasteiger partial charge in [-0.2, -0.15) is 0 Å². The first kappa shape index (κ1) is 17.8. The Morgan fingerprint density at radius 2 is 1.86 bits per heavy atom. The summed E-state index contributed by atoms with van der Waals surface area (Å²) in [5, 5.41) is 3.44. The van der Waals surface area contributed by atoms with E-state index in [1.54, 1.807) is 0 Å². The van der Waals surface area contributed by atoms with Gasteiger partial charge in [-0.15, -0.1) is 0 Å². The molecule has 0 spiro atoms. The van der Waals surface area contributed by atoms with Crippen molar-refractivity contribution in [3.05, 3.63) is 0 Å². The lowest BCUT2D eigenvalue weighted by Gasteiger charge is -2.40. The van der Waals surface area contributed by atoms with E-state index >= 15 is 0 Å². The highest BCUT2D eigenvalue weighted by Crippen LogP contribution is 2.43. The smallest absolute Gasteiger partial charge is 0.222 e. The topological polar surface area (TPSA) is 32.3 Å².